The molecule has 1 fully saturated rings. The Balaban J connectivity index is 2.57. The fraction of sp³-hybridized carbons (Fsp3) is 0.923. The predicted molar refractivity (Wildman–Crippen MR) is 72.1 cm³/mol. The third-order valence-electron chi connectivity index (χ3n) is 3.36. The van der Waals surface area contributed by atoms with Crippen molar-refractivity contribution in [3.05, 3.63) is 0 Å². The van der Waals surface area contributed by atoms with E-state index in [1.807, 2.05) is 13.8 Å². The normalized spacial score (nSPS) is 25.8. The van der Waals surface area contributed by atoms with Gasteiger partial charge in [-0.1, -0.05) is 13.8 Å². The lowest BCUT2D eigenvalue weighted by molar-refractivity contribution is -0.143. The zero-order valence-electron chi connectivity index (χ0n) is 12.5. The molecule has 0 aromatic carbocycles. The first kappa shape index (κ1) is 16.4. The Labute approximate surface area is 115 Å². The van der Waals surface area contributed by atoms with E-state index in [1.54, 1.807) is 14.2 Å². The van der Waals surface area contributed by atoms with E-state index in [2.05, 4.69) is 10.2 Å². The van der Waals surface area contributed by atoms with E-state index in [-0.39, 0.29) is 30.3 Å². The van der Waals surface area contributed by atoms with Crippen LogP contribution in [0.4, 0.5) is 0 Å². The second-order valence-corrected chi connectivity index (χ2v) is 5.16. The maximum atomic E-state index is 11.8. The number of carbonyl (C=O) groups is 1. The van der Waals surface area contributed by atoms with E-state index in [0.717, 1.165) is 13.1 Å². The third kappa shape index (κ3) is 4.72. The van der Waals surface area contributed by atoms with E-state index >= 15 is 0 Å². The summed E-state index contributed by atoms with van der Waals surface area (Å²) in [5.41, 5.74) is 0. The maximum Gasteiger partial charge on any atom is 0.324 e. The average molecular weight is 274 g/mol. The number of nitrogens with one attached hydrogen (secondary N) is 1. The Morgan fingerprint density at radius 3 is 2.11 bits per heavy atom. The highest BCUT2D eigenvalue weighted by Crippen LogP contribution is 2.16. The van der Waals surface area contributed by atoms with Crippen LogP contribution in [-0.2, 0) is 19.0 Å². The summed E-state index contributed by atoms with van der Waals surface area (Å²) < 4.78 is 15.6. The number of rotatable bonds is 7. The lowest BCUT2D eigenvalue weighted by atomic mass is 10.2. The van der Waals surface area contributed by atoms with Crippen LogP contribution in [0.3, 0.4) is 0 Å². The molecule has 1 aliphatic rings. The zero-order chi connectivity index (χ0) is 14.4. The number of methoxy groups -OCH3 is 3. The minimum Gasteiger partial charge on any atom is -0.468 e. The van der Waals surface area contributed by atoms with Crippen molar-refractivity contribution in [1.29, 1.82) is 0 Å². The van der Waals surface area contributed by atoms with Crippen LogP contribution in [-0.4, -0.2) is 76.1 Å². The van der Waals surface area contributed by atoms with Crippen LogP contribution in [0.5, 0.6) is 0 Å². The molecule has 1 saturated heterocycles. The molecule has 1 rings (SSSR count). The summed E-state index contributed by atoms with van der Waals surface area (Å²) in [4.78, 5) is 13.9. The molecular weight excluding hydrogens is 248 g/mol. The van der Waals surface area contributed by atoms with Crippen LogP contribution in [0.15, 0.2) is 0 Å². The smallest absolute Gasteiger partial charge is 0.324 e. The molecule has 1 heterocycles. The summed E-state index contributed by atoms with van der Waals surface area (Å²) in [6, 6.07) is -0.0961. The molecule has 0 radical (unpaired) electrons. The molecule has 3 atom stereocenters. The summed E-state index contributed by atoms with van der Waals surface area (Å²) in [6.07, 6.45) is 0.115. The predicted octanol–water partition coefficient (Wildman–Crippen LogP) is -0.128. The molecule has 1 N–H and O–H groups in total. The Morgan fingerprint density at radius 1 is 1.21 bits per heavy atom. The summed E-state index contributed by atoms with van der Waals surface area (Å²) in [7, 11) is 4.78. The lowest BCUT2D eigenvalue weighted by Gasteiger charge is -2.24. The van der Waals surface area contributed by atoms with Gasteiger partial charge < -0.3 is 19.5 Å². The first-order valence-corrected chi connectivity index (χ1v) is 6.63. The molecule has 0 aromatic rings. The highest BCUT2D eigenvalue weighted by molar-refractivity contribution is 5.76. The Morgan fingerprint density at radius 2 is 1.74 bits per heavy atom. The van der Waals surface area contributed by atoms with Crippen LogP contribution in [0.25, 0.3) is 0 Å². The summed E-state index contributed by atoms with van der Waals surface area (Å²) in [6.45, 7) is 6.15. The molecule has 0 spiro atoms. The second-order valence-electron chi connectivity index (χ2n) is 5.16. The SMILES string of the molecule is COC(=O)C(CN1CC(OC)C(OC)C1)NC(C)C. The molecule has 6 heteroatoms. The van der Waals surface area contributed by atoms with Gasteiger partial charge in [0.05, 0.1) is 19.3 Å². The molecule has 3 unspecified atom stereocenters. The minimum atomic E-state index is -0.321. The Hall–Kier alpha value is -0.690. The fourth-order valence-electron chi connectivity index (χ4n) is 2.42. The van der Waals surface area contributed by atoms with Crippen molar-refractivity contribution in [2.75, 3.05) is 41.0 Å². The van der Waals surface area contributed by atoms with Gasteiger partial charge in [0.25, 0.3) is 0 Å². The Bertz CT molecular complexity index is 274. The number of hydrogen-bond donors (Lipinski definition) is 1. The Kier molecular flexibility index (Phi) is 6.71. The topological polar surface area (TPSA) is 60.0 Å². The zero-order valence-corrected chi connectivity index (χ0v) is 12.5. The average Bonchev–Trinajstić information content (AvgIpc) is 2.78. The first-order valence-electron chi connectivity index (χ1n) is 6.63. The second kappa shape index (κ2) is 7.79. The number of hydrogen-bond acceptors (Lipinski definition) is 6. The molecule has 19 heavy (non-hydrogen) atoms. The summed E-state index contributed by atoms with van der Waals surface area (Å²) in [5, 5.41) is 3.23. The van der Waals surface area contributed by atoms with Crippen LogP contribution in [0.1, 0.15) is 13.8 Å². The molecule has 6 nitrogen and oxygen atoms in total. The van der Waals surface area contributed by atoms with Gasteiger partial charge in [-0.25, -0.2) is 0 Å². The van der Waals surface area contributed by atoms with Gasteiger partial charge in [-0.05, 0) is 0 Å². The number of carbonyl (C=O) groups excluding carboxylic acids is 1. The van der Waals surface area contributed by atoms with E-state index in [0.29, 0.717) is 6.54 Å². The van der Waals surface area contributed by atoms with Crippen LogP contribution in [0, 0.1) is 0 Å². The number of esters is 1. The van der Waals surface area contributed by atoms with Gasteiger partial charge in [-0.3, -0.25) is 9.69 Å². The van der Waals surface area contributed by atoms with E-state index in [1.165, 1.54) is 7.11 Å². The van der Waals surface area contributed by atoms with Gasteiger partial charge in [0.1, 0.15) is 6.04 Å². The van der Waals surface area contributed by atoms with Crippen molar-refractivity contribution in [3.63, 3.8) is 0 Å². The molecule has 1 aliphatic heterocycles. The van der Waals surface area contributed by atoms with Gasteiger partial charge in [0, 0.05) is 39.9 Å². The molecule has 112 valence electrons. The van der Waals surface area contributed by atoms with Crippen LogP contribution >= 0.6 is 0 Å². The van der Waals surface area contributed by atoms with Crippen molar-refractivity contribution in [2.45, 2.75) is 38.1 Å². The molecule has 0 aliphatic carbocycles. The summed E-state index contributed by atoms with van der Waals surface area (Å²) in [5.74, 6) is -0.233. The molecular formula is C13H26N2O4. The van der Waals surface area contributed by atoms with E-state index in [9.17, 15) is 4.79 Å². The van der Waals surface area contributed by atoms with Gasteiger partial charge in [-0.15, -0.1) is 0 Å². The van der Waals surface area contributed by atoms with Gasteiger partial charge >= 0.3 is 5.97 Å². The van der Waals surface area contributed by atoms with E-state index < -0.39 is 0 Å². The minimum absolute atomic E-state index is 0.0577. The van der Waals surface area contributed by atoms with Gasteiger partial charge in [0.2, 0.25) is 0 Å². The van der Waals surface area contributed by atoms with Crippen LogP contribution in [0.2, 0.25) is 0 Å². The molecule has 0 aromatic heterocycles. The van der Waals surface area contributed by atoms with Gasteiger partial charge in [-0.2, -0.15) is 0 Å². The lowest BCUT2D eigenvalue weighted by Crippen LogP contribution is -2.49. The van der Waals surface area contributed by atoms with Gasteiger partial charge in [0.15, 0.2) is 0 Å². The standard InChI is InChI=1S/C13H26N2O4/c1-9(2)14-10(13(16)19-5)6-15-7-11(17-3)12(8-15)18-4/h9-12,14H,6-8H2,1-5H3. The summed E-state index contributed by atoms with van der Waals surface area (Å²) >= 11 is 0. The van der Waals surface area contributed by atoms with Crippen LogP contribution < -0.4 is 5.32 Å². The quantitative estimate of drug-likeness (QED) is 0.653. The number of likely N-dealkylation sites (tertiary alicyclic amines) is 1. The molecule has 0 bridgehead atoms. The maximum absolute atomic E-state index is 11.8. The van der Waals surface area contributed by atoms with Crippen molar-refractivity contribution >= 4 is 5.97 Å². The monoisotopic (exact) mass is 274 g/mol. The van der Waals surface area contributed by atoms with Crippen molar-refractivity contribution in [3.8, 4) is 0 Å². The third-order valence-corrected chi connectivity index (χ3v) is 3.36. The fourth-order valence-corrected chi connectivity index (χ4v) is 2.42. The highest BCUT2D eigenvalue weighted by Gasteiger charge is 2.35. The van der Waals surface area contributed by atoms with Crippen molar-refractivity contribution in [2.24, 2.45) is 0 Å². The highest BCUT2D eigenvalue weighted by atomic mass is 16.5. The molecule has 0 saturated carbocycles. The largest absolute Gasteiger partial charge is 0.468 e. The van der Waals surface area contributed by atoms with Crippen molar-refractivity contribution < 1.29 is 19.0 Å². The number of ether oxygens (including phenoxy) is 3. The first-order chi connectivity index (χ1) is 9.01. The molecule has 0 amide bonds. The number of nitrogens with zero attached hydrogens (tertiary/aromatic N) is 1. The van der Waals surface area contributed by atoms with Crippen molar-refractivity contribution in [1.82, 2.24) is 10.2 Å². The van der Waals surface area contributed by atoms with E-state index in [4.69, 9.17) is 14.2 Å².